The number of nitrogens with zero attached hydrogens (tertiary/aromatic N) is 1. The predicted octanol–water partition coefficient (Wildman–Crippen LogP) is 1.10. The van der Waals surface area contributed by atoms with E-state index in [4.69, 9.17) is 10.5 Å². The first-order chi connectivity index (χ1) is 11.4. The van der Waals surface area contributed by atoms with Gasteiger partial charge in [-0.05, 0) is 24.3 Å². The molecule has 2 rings (SSSR count). The summed E-state index contributed by atoms with van der Waals surface area (Å²) >= 11 is 3.31. The van der Waals surface area contributed by atoms with Crippen molar-refractivity contribution < 1.29 is 23.9 Å². The highest BCUT2D eigenvalue weighted by atomic mass is 79.9. The number of methoxy groups -OCH3 is 1. The van der Waals surface area contributed by atoms with Crippen molar-refractivity contribution in [2.45, 2.75) is 18.6 Å². The number of hydrogen-bond donors (Lipinski definition) is 2. The molecule has 0 saturated carbocycles. The summed E-state index contributed by atoms with van der Waals surface area (Å²) in [5.41, 5.74) is 5.96. The molecule has 0 spiro atoms. The lowest BCUT2D eigenvalue weighted by Crippen LogP contribution is -2.45. The predicted molar refractivity (Wildman–Crippen MR) is 89.2 cm³/mol. The topological polar surface area (TPSA) is 111 Å². The molecule has 3 N–H and O–H groups in total. The number of rotatable bonds is 5. The minimum atomic E-state index is -0.789. The molecule has 3 amide bonds. The Morgan fingerprint density at radius 1 is 1.33 bits per heavy atom. The van der Waals surface area contributed by atoms with Crippen molar-refractivity contribution in [2.75, 3.05) is 25.6 Å². The number of nitrogens with one attached hydrogen (secondary N) is 1. The summed E-state index contributed by atoms with van der Waals surface area (Å²) in [7, 11) is 1.25. The van der Waals surface area contributed by atoms with E-state index in [1.165, 1.54) is 12.0 Å². The molecule has 9 heteroatoms. The quantitative estimate of drug-likeness (QED) is 0.720. The Kier molecular flexibility index (Phi) is 6.16. The molecule has 2 atom stereocenters. The third-order valence-electron chi connectivity index (χ3n) is 3.61. The van der Waals surface area contributed by atoms with Crippen LogP contribution >= 0.6 is 15.9 Å². The highest BCUT2D eigenvalue weighted by Crippen LogP contribution is 2.22. The summed E-state index contributed by atoms with van der Waals surface area (Å²) < 4.78 is 10.7. The van der Waals surface area contributed by atoms with E-state index in [2.05, 4.69) is 26.0 Å². The summed E-state index contributed by atoms with van der Waals surface area (Å²) in [5.74, 6) is -1.14. The minimum Gasteiger partial charge on any atom is -0.467 e. The van der Waals surface area contributed by atoms with E-state index in [1.54, 1.807) is 24.3 Å². The number of nitrogens with two attached hydrogens (primary N) is 1. The van der Waals surface area contributed by atoms with E-state index in [0.29, 0.717) is 5.69 Å². The lowest BCUT2D eigenvalue weighted by atomic mass is 10.2. The Morgan fingerprint density at radius 2 is 2.00 bits per heavy atom. The standard InChI is InChI=1S/C15H18BrN3O5/c1-23-13(20)8-24-11-6-12(14(17)21)19(7-11)15(22)18-10-4-2-9(16)3-5-10/h2-5,11-12H,6-8H2,1H3,(H2,17,21)(H,18,22). The Labute approximate surface area is 147 Å². The van der Waals surface area contributed by atoms with Gasteiger partial charge in [-0.3, -0.25) is 4.79 Å². The van der Waals surface area contributed by atoms with Gasteiger partial charge in [0.05, 0.1) is 13.2 Å². The fourth-order valence-corrected chi connectivity index (χ4v) is 2.65. The molecule has 1 aromatic rings. The Bertz CT molecular complexity index is 622. The fourth-order valence-electron chi connectivity index (χ4n) is 2.39. The molecule has 1 aliphatic rings. The number of anilines is 1. The van der Waals surface area contributed by atoms with Crippen LogP contribution in [0.25, 0.3) is 0 Å². The monoisotopic (exact) mass is 399 g/mol. The number of primary amides is 1. The summed E-state index contributed by atoms with van der Waals surface area (Å²) in [6.45, 7) is -0.0816. The van der Waals surface area contributed by atoms with Crippen LogP contribution in [0.1, 0.15) is 6.42 Å². The van der Waals surface area contributed by atoms with Crippen LogP contribution in [-0.4, -0.2) is 55.2 Å². The molecule has 0 aromatic heterocycles. The van der Waals surface area contributed by atoms with Crippen LogP contribution in [0.5, 0.6) is 0 Å². The molecule has 1 aliphatic heterocycles. The molecule has 1 aromatic carbocycles. The zero-order chi connectivity index (χ0) is 17.7. The van der Waals surface area contributed by atoms with E-state index in [0.717, 1.165) is 4.47 Å². The highest BCUT2D eigenvalue weighted by Gasteiger charge is 2.39. The first kappa shape index (κ1) is 18.2. The van der Waals surface area contributed by atoms with E-state index in [9.17, 15) is 14.4 Å². The third kappa shape index (κ3) is 4.68. The Hall–Kier alpha value is -2.13. The van der Waals surface area contributed by atoms with Crippen molar-refractivity contribution in [3.05, 3.63) is 28.7 Å². The number of halogens is 1. The van der Waals surface area contributed by atoms with E-state index in [1.807, 2.05) is 0 Å². The molecule has 0 radical (unpaired) electrons. The summed E-state index contributed by atoms with van der Waals surface area (Å²) in [6.07, 6.45) is -0.225. The maximum absolute atomic E-state index is 12.4. The summed E-state index contributed by atoms with van der Waals surface area (Å²) in [6, 6.07) is 5.78. The van der Waals surface area contributed by atoms with E-state index < -0.39 is 30.1 Å². The molecule has 2 unspecified atom stereocenters. The van der Waals surface area contributed by atoms with E-state index in [-0.39, 0.29) is 19.6 Å². The van der Waals surface area contributed by atoms with Gasteiger partial charge >= 0.3 is 12.0 Å². The molecule has 0 bridgehead atoms. The van der Waals surface area contributed by atoms with Crippen LogP contribution in [0.3, 0.4) is 0 Å². The summed E-state index contributed by atoms with van der Waals surface area (Å²) in [5, 5.41) is 2.70. The number of likely N-dealkylation sites (tertiary alicyclic amines) is 1. The SMILES string of the molecule is COC(=O)COC1CC(C(N)=O)N(C(=O)Nc2ccc(Br)cc2)C1. The number of carbonyl (C=O) groups is 3. The van der Waals surface area contributed by atoms with E-state index >= 15 is 0 Å². The van der Waals surface area contributed by atoms with Crippen molar-refractivity contribution >= 4 is 39.5 Å². The van der Waals surface area contributed by atoms with Gasteiger partial charge in [-0.2, -0.15) is 0 Å². The van der Waals surface area contributed by atoms with Crippen LogP contribution in [0.4, 0.5) is 10.5 Å². The minimum absolute atomic E-state index is 0.160. The summed E-state index contributed by atoms with van der Waals surface area (Å²) in [4.78, 5) is 36.4. The van der Waals surface area contributed by atoms with Crippen LogP contribution < -0.4 is 11.1 Å². The van der Waals surface area contributed by atoms with Crippen LogP contribution in [0.2, 0.25) is 0 Å². The number of hydrogen-bond acceptors (Lipinski definition) is 5. The lowest BCUT2D eigenvalue weighted by molar-refractivity contribution is -0.147. The second-order valence-corrected chi connectivity index (χ2v) is 6.17. The normalized spacial score (nSPS) is 19.8. The maximum atomic E-state index is 12.4. The number of carbonyl (C=O) groups excluding carboxylic acids is 3. The molecular formula is C15H18BrN3O5. The van der Waals surface area contributed by atoms with Gasteiger partial charge in [-0.1, -0.05) is 15.9 Å². The van der Waals surface area contributed by atoms with Gasteiger partial charge in [0.1, 0.15) is 12.6 Å². The second-order valence-electron chi connectivity index (χ2n) is 5.25. The molecule has 1 heterocycles. The average Bonchev–Trinajstić information content (AvgIpc) is 2.99. The van der Waals surface area contributed by atoms with Gasteiger partial charge in [-0.25, -0.2) is 9.59 Å². The van der Waals surface area contributed by atoms with Crippen LogP contribution in [0.15, 0.2) is 28.7 Å². The fraction of sp³-hybridized carbons (Fsp3) is 0.400. The lowest BCUT2D eigenvalue weighted by Gasteiger charge is -2.22. The van der Waals surface area contributed by atoms with Crippen LogP contribution in [-0.2, 0) is 19.1 Å². The molecule has 1 saturated heterocycles. The number of ether oxygens (including phenoxy) is 2. The van der Waals surface area contributed by atoms with Crippen molar-refractivity contribution in [1.29, 1.82) is 0 Å². The maximum Gasteiger partial charge on any atom is 0.331 e. The zero-order valence-corrected chi connectivity index (χ0v) is 14.6. The van der Waals surface area contributed by atoms with Gasteiger partial charge in [-0.15, -0.1) is 0 Å². The van der Waals surface area contributed by atoms with Gasteiger partial charge in [0.15, 0.2) is 0 Å². The van der Waals surface area contributed by atoms with Crippen molar-refractivity contribution in [3.63, 3.8) is 0 Å². The van der Waals surface area contributed by atoms with Gasteiger partial charge in [0.2, 0.25) is 5.91 Å². The zero-order valence-electron chi connectivity index (χ0n) is 13.0. The van der Waals surface area contributed by atoms with Gasteiger partial charge in [0.25, 0.3) is 0 Å². The largest absolute Gasteiger partial charge is 0.467 e. The first-order valence-corrected chi connectivity index (χ1v) is 8.01. The highest BCUT2D eigenvalue weighted by molar-refractivity contribution is 9.10. The smallest absolute Gasteiger partial charge is 0.331 e. The average molecular weight is 400 g/mol. The second kappa shape index (κ2) is 8.11. The van der Waals surface area contributed by atoms with Gasteiger partial charge in [0, 0.05) is 23.1 Å². The molecule has 8 nitrogen and oxygen atoms in total. The number of esters is 1. The first-order valence-electron chi connectivity index (χ1n) is 7.21. The number of benzene rings is 1. The molecule has 24 heavy (non-hydrogen) atoms. The third-order valence-corrected chi connectivity index (χ3v) is 4.14. The number of urea groups is 1. The molecule has 0 aliphatic carbocycles. The van der Waals surface area contributed by atoms with Crippen molar-refractivity contribution in [2.24, 2.45) is 5.73 Å². The van der Waals surface area contributed by atoms with Crippen molar-refractivity contribution in [3.8, 4) is 0 Å². The van der Waals surface area contributed by atoms with Crippen LogP contribution in [0, 0.1) is 0 Å². The van der Waals surface area contributed by atoms with Crippen molar-refractivity contribution in [1.82, 2.24) is 4.90 Å². The molecular weight excluding hydrogens is 382 g/mol. The Morgan fingerprint density at radius 3 is 2.58 bits per heavy atom. The molecule has 130 valence electrons. The molecule has 1 fully saturated rings. The Balaban J connectivity index is 2.00. The number of amides is 3. The van der Waals surface area contributed by atoms with Gasteiger partial charge < -0.3 is 25.4 Å².